The van der Waals surface area contributed by atoms with Crippen molar-refractivity contribution in [3.63, 3.8) is 0 Å². The van der Waals surface area contributed by atoms with Gasteiger partial charge in [0.05, 0.1) is 19.0 Å². The highest BCUT2D eigenvalue weighted by Crippen LogP contribution is 2.32. The van der Waals surface area contributed by atoms with Gasteiger partial charge in [-0.15, -0.1) is 11.3 Å². The SMILES string of the molecule is COc1ccc(CN2CCn3c(cnc3-c3nc(C)cs3)C2C)cc1. The van der Waals surface area contributed by atoms with Gasteiger partial charge in [0.1, 0.15) is 5.75 Å². The van der Waals surface area contributed by atoms with Gasteiger partial charge in [-0.2, -0.15) is 0 Å². The second-order valence-electron chi connectivity index (χ2n) is 6.45. The first-order valence-electron chi connectivity index (χ1n) is 8.50. The molecule has 1 aliphatic heterocycles. The van der Waals surface area contributed by atoms with Crippen LogP contribution in [0, 0.1) is 6.92 Å². The van der Waals surface area contributed by atoms with Gasteiger partial charge in [0, 0.05) is 36.8 Å². The lowest BCUT2D eigenvalue weighted by Crippen LogP contribution is -2.36. The molecule has 1 unspecified atom stereocenters. The highest BCUT2D eigenvalue weighted by Gasteiger charge is 2.27. The lowest BCUT2D eigenvalue weighted by atomic mass is 10.1. The molecule has 25 heavy (non-hydrogen) atoms. The Labute approximate surface area is 151 Å². The summed E-state index contributed by atoms with van der Waals surface area (Å²) in [5, 5.41) is 3.10. The molecule has 2 aromatic heterocycles. The molecule has 0 saturated carbocycles. The van der Waals surface area contributed by atoms with Crippen LogP contribution in [-0.2, 0) is 13.1 Å². The van der Waals surface area contributed by atoms with Crippen molar-refractivity contribution in [2.24, 2.45) is 0 Å². The van der Waals surface area contributed by atoms with E-state index in [2.05, 4.69) is 43.9 Å². The fourth-order valence-electron chi connectivity index (χ4n) is 3.38. The molecule has 130 valence electrons. The summed E-state index contributed by atoms with van der Waals surface area (Å²) in [5.74, 6) is 1.90. The van der Waals surface area contributed by atoms with Crippen molar-refractivity contribution in [3.8, 4) is 16.6 Å². The first kappa shape index (κ1) is 16.3. The lowest BCUT2D eigenvalue weighted by Gasteiger charge is -2.34. The van der Waals surface area contributed by atoms with Crippen LogP contribution in [0.25, 0.3) is 10.8 Å². The average Bonchev–Trinajstić information content (AvgIpc) is 3.24. The highest BCUT2D eigenvalue weighted by atomic mass is 32.1. The second kappa shape index (κ2) is 6.61. The molecule has 3 heterocycles. The molecule has 0 bridgehead atoms. The van der Waals surface area contributed by atoms with Crippen molar-refractivity contribution in [1.82, 2.24) is 19.4 Å². The van der Waals surface area contributed by atoms with Gasteiger partial charge >= 0.3 is 0 Å². The average molecular weight is 354 g/mol. The summed E-state index contributed by atoms with van der Waals surface area (Å²) in [6.45, 7) is 7.17. The van der Waals surface area contributed by atoms with Crippen LogP contribution in [0.3, 0.4) is 0 Å². The number of aryl methyl sites for hydroxylation is 1. The number of fused-ring (bicyclic) bond motifs is 1. The Bertz CT molecular complexity index is 868. The van der Waals surface area contributed by atoms with Crippen molar-refractivity contribution in [2.75, 3.05) is 13.7 Å². The first-order valence-corrected chi connectivity index (χ1v) is 9.38. The topological polar surface area (TPSA) is 43.2 Å². The minimum absolute atomic E-state index is 0.332. The summed E-state index contributed by atoms with van der Waals surface area (Å²) >= 11 is 1.67. The molecule has 0 fully saturated rings. The van der Waals surface area contributed by atoms with E-state index in [1.165, 1.54) is 11.3 Å². The van der Waals surface area contributed by atoms with Gasteiger partial charge in [0.15, 0.2) is 10.8 Å². The standard InChI is InChI=1S/C19H22N4OS/c1-13-12-25-19(21-13)18-20-10-17-14(2)22(8-9-23(17)18)11-15-4-6-16(24-3)7-5-15/h4-7,10,12,14H,8-9,11H2,1-3H3. The van der Waals surface area contributed by atoms with Crippen LogP contribution in [0.15, 0.2) is 35.8 Å². The van der Waals surface area contributed by atoms with E-state index in [0.717, 1.165) is 41.9 Å². The van der Waals surface area contributed by atoms with E-state index in [9.17, 15) is 0 Å². The minimum Gasteiger partial charge on any atom is -0.497 e. The molecule has 0 radical (unpaired) electrons. The van der Waals surface area contributed by atoms with Crippen molar-refractivity contribution in [2.45, 2.75) is 33.0 Å². The third kappa shape index (κ3) is 3.07. The normalized spacial score (nSPS) is 17.5. The minimum atomic E-state index is 0.332. The van der Waals surface area contributed by atoms with Gasteiger partial charge in [-0.25, -0.2) is 9.97 Å². The van der Waals surface area contributed by atoms with E-state index in [4.69, 9.17) is 4.74 Å². The Kier molecular flexibility index (Phi) is 4.31. The monoisotopic (exact) mass is 354 g/mol. The number of nitrogens with zero attached hydrogens (tertiary/aromatic N) is 4. The molecule has 0 spiro atoms. The number of imidazole rings is 1. The molecule has 0 N–H and O–H groups in total. The lowest BCUT2D eigenvalue weighted by molar-refractivity contribution is 0.161. The third-order valence-corrected chi connectivity index (χ3v) is 5.78. The molecule has 3 aromatic rings. The first-order chi connectivity index (χ1) is 12.2. The maximum absolute atomic E-state index is 5.24. The summed E-state index contributed by atoms with van der Waals surface area (Å²) in [7, 11) is 1.70. The molecule has 0 amide bonds. The van der Waals surface area contributed by atoms with Gasteiger partial charge in [0.2, 0.25) is 0 Å². The molecule has 0 saturated heterocycles. The van der Waals surface area contributed by atoms with E-state index in [-0.39, 0.29) is 0 Å². The Morgan fingerprint density at radius 2 is 2.04 bits per heavy atom. The highest BCUT2D eigenvalue weighted by molar-refractivity contribution is 7.13. The number of hydrogen-bond donors (Lipinski definition) is 0. The molecule has 0 aliphatic carbocycles. The quantitative estimate of drug-likeness (QED) is 0.713. The molecule has 1 aliphatic rings. The van der Waals surface area contributed by atoms with Crippen molar-refractivity contribution in [3.05, 3.63) is 52.8 Å². The Morgan fingerprint density at radius 1 is 1.24 bits per heavy atom. The maximum atomic E-state index is 5.24. The van der Waals surface area contributed by atoms with Gasteiger partial charge in [-0.05, 0) is 31.5 Å². The van der Waals surface area contributed by atoms with Gasteiger partial charge in [-0.1, -0.05) is 12.1 Å². The number of rotatable bonds is 4. The van der Waals surface area contributed by atoms with Crippen molar-refractivity contribution < 1.29 is 4.74 Å². The molecule has 1 atom stereocenters. The van der Waals surface area contributed by atoms with E-state index in [0.29, 0.717) is 6.04 Å². The summed E-state index contributed by atoms with van der Waals surface area (Å²) in [5.41, 5.74) is 3.63. The van der Waals surface area contributed by atoms with Crippen LogP contribution in [0.1, 0.15) is 29.9 Å². The fourth-order valence-corrected chi connectivity index (χ4v) is 4.18. The summed E-state index contributed by atoms with van der Waals surface area (Å²) in [6.07, 6.45) is 2.01. The number of thiazole rings is 1. The Hall–Kier alpha value is -2.18. The summed E-state index contributed by atoms with van der Waals surface area (Å²) < 4.78 is 7.57. The zero-order chi connectivity index (χ0) is 17.4. The Morgan fingerprint density at radius 3 is 2.72 bits per heavy atom. The predicted molar refractivity (Wildman–Crippen MR) is 99.9 cm³/mol. The fraction of sp³-hybridized carbons (Fsp3) is 0.368. The molecule has 1 aromatic carbocycles. The smallest absolute Gasteiger partial charge is 0.169 e. The number of ether oxygens (including phenoxy) is 1. The van der Waals surface area contributed by atoms with Crippen LogP contribution in [-0.4, -0.2) is 33.1 Å². The maximum Gasteiger partial charge on any atom is 0.169 e. The predicted octanol–water partition coefficient (Wildman–Crippen LogP) is 3.90. The van der Waals surface area contributed by atoms with Crippen LogP contribution >= 0.6 is 11.3 Å². The summed E-state index contributed by atoms with van der Waals surface area (Å²) in [4.78, 5) is 11.8. The van der Waals surface area contributed by atoms with Crippen LogP contribution < -0.4 is 4.74 Å². The molecule has 4 rings (SSSR count). The van der Waals surface area contributed by atoms with Gasteiger partial charge < -0.3 is 9.30 Å². The molecule has 5 nitrogen and oxygen atoms in total. The van der Waals surface area contributed by atoms with E-state index in [1.807, 2.05) is 25.3 Å². The van der Waals surface area contributed by atoms with Gasteiger partial charge in [0.25, 0.3) is 0 Å². The number of methoxy groups -OCH3 is 1. The van der Waals surface area contributed by atoms with Crippen LogP contribution in [0.2, 0.25) is 0 Å². The van der Waals surface area contributed by atoms with Gasteiger partial charge in [-0.3, -0.25) is 4.90 Å². The molecular weight excluding hydrogens is 332 g/mol. The zero-order valence-corrected chi connectivity index (χ0v) is 15.6. The summed E-state index contributed by atoms with van der Waals surface area (Å²) in [6, 6.07) is 8.66. The molecular formula is C19H22N4OS. The van der Waals surface area contributed by atoms with E-state index in [1.54, 1.807) is 18.4 Å². The van der Waals surface area contributed by atoms with Crippen molar-refractivity contribution >= 4 is 11.3 Å². The van der Waals surface area contributed by atoms with E-state index >= 15 is 0 Å². The third-order valence-electron chi connectivity index (χ3n) is 4.83. The van der Waals surface area contributed by atoms with Crippen LogP contribution in [0.5, 0.6) is 5.75 Å². The number of aromatic nitrogens is 3. The Balaban J connectivity index is 1.55. The van der Waals surface area contributed by atoms with Crippen LogP contribution in [0.4, 0.5) is 0 Å². The second-order valence-corrected chi connectivity index (χ2v) is 7.30. The van der Waals surface area contributed by atoms with Crippen molar-refractivity contribution in [1.29, 1.82) is 0 Å². The largest absolute Gasteiger partial charge is 0.497 e. The van der Waals surface area contributed by atoms with E-state index < -0.39 is 0 Å². The number of hydrogen-bond acceptors (Lipinski definition) is 5. The zero-order valence-electron chi connectivity index (χ0n) is 14.8. The number of benzene rings is 1. The molecule has 6 heteroatoms.